The van der Waals surface area contributed by atoms with Crippen LogP contribution in [0.1, 0.15) is 5.56 Å². The third kappa shape index (κ3) is 7.70. The number of carbonyl (C=O) groups excluding carboxylic acids is 2. The highest BCUT2D eigenvalue weighted by atomic mass is 35.5. The van der Waals surface area contributed by atoms with E-state index >= 15 is 0 Å². The van der Waals surface area contributed by atoms with Crippen molar-refractivity contribution in [2.24, 2.45) is 0 Å². The van der Waals surface area contributed by atoms with Gasteiger partial charge in [-0.25, -0.2) is 4.79 Å². The first-order chi connectivity index (χ1) is 11.6. The summed E-state index contributed by atoms with van der Waals surface area (Å²) >= 11 is 11.4. The molecule has 24 heavy (non-hydrogen) atoms. The largest absolute Gasteiger partial charge is 0.467 e. The Bertz CT molecular complexity index is 532. The number of nitrogens with zero attached hydrogens (tertiary/aromatic N) is 1. The molecule has 1 aromatic rings. The van der Waals surface area contributed by atoms with E-state index in [0.717, 1.165) is 5.56 Å². The minimum atomic E-state index is -0.746. The van der Waals surface area contributed by atoms with E-state index < -0.39 is 12.0 Å². The van der Waals surface area contributed by atoms with Crippen LogP contribution in [0, 0.1) is 0 Å². The quantitative estimate of drug-likeness (QED) is 0.388. The van der Waals surface area contributed by atoms with E-state index in [1.165, 1.54) is 13.2 Å². The Labute approximate surface area is 152 Å². The zero-order valence-electron chi connectivity index (χ0n) is 13.6. The second kappa shape index (κ2) is 11.8. The summed E-state index contributed by atoms with van der Waals surface area (Å²) in [5.74, 6) is -0.00188. The fraction of sp³-hybridized carbons (Fsp3) is 0.412. The van der Waals surface area contributed by atoms with Crippen LogP contribution in [0.4, 0.5) is 0 Å². The van der Waals surface area contributed by atoms with Gasteiger partial charge < -0.3 is 15.0 Å². The van der Waals surface area contributed by atoms with Gasteiger partial charge in [-0.05, 0) is 5.56 Å². The average Bonchev–Trinajstić information content (AvgIpc) is 2.59. The Morgan fingerprint density at radius 3 is 2.38 bits per heavy atom. The Kier molecular flexibility index (Phi) is 9.96. The number of carbonyl (C=O) groups is 2. The van der Waals surface area contributed by atoms with Crippen LogP contribution in [0.2, 0.25) is 0 Å². The molecule has 5 nitrogen and oxygen atoms in total. The molecule has 1 unspecified atom stereocenters. The molecule has 0 aliphatic rings. The number of hydrogen-bond donors (Lipinski definition) is 1. The summed E-state index contributed by atoms with van der Waals surface area (Å²) in [6.45, 7) is 1.17. The average molecular weight is 373 g/mol. The first kappa shape index (κ1) is 20.3. The van der Waals surface area contributed by atoms with Gasteiger partial charge in [-0.3, -0.25) is 4.79 Å². The van der Waals surface area contributed by atoms with Gasteiger partial charge in [0.15, 0.2) is 0 Å². The fourth-order valence-corrected chi connectivity index (χ4v) is 2.49. The number of nitrogens with one attached hydrogen (secondary N) is 1. The zero-order valence-corrected chi connectivity index (χ0v) is 15.1. The van der Waals surface area contributed by atoms with E-state index in [4.69, 9.17) is 27.9 Å². The van der Waals surface area contributed by atoms with E-state index in [1.807, 2.05) is 35.2 Å². The molecular weight excluding hydrogens is 351 g/mol. The van der Waals surface area contributed by atoms with Crippen LogP contribution in [0.5, 0.6) is 0 Å². The van der Waals surface area contributed by atoms with Crippen molar-refractivity contribution >= 4 is 35.1 Å². The van der Waals surface area contributed by atoms with Crippen LogP contribution >= 0.6 is 23.2 Å². The van der Waals surface area contributed by atoms with Crippen LogP contribution < -0.4 is 5.32 Å². The number of amides is 1. The van der Waals surface area contributed by atoms with Crippen LogP contribution in [0.25, 0.3) is 0 Å². The monoisotopic (exact) mass is 372 g/mol. The number of alkyl halides is 2. The maximum Gasteiger partial charge on any atom is 0.328 e. The molecule has 0 saturated carbocycles. The van der Waals surface area contributed by atoms with Crippen molar-refractivity contribution in [1.29, 1.82) is 0 Å². The Hall–Kier alpha value is -1.72. The van der Waals surface area contributed by atoms with Crippen molar-refractivity contribution in [2.75, 3.05) is 32.0 Å². The van der Waals surface area contributed by atoms with Gasteiger partial charge in [-0.15, -0.1) is 23.2 Å². The summed E-state index contributed by atoms with van der Waals surface area (Å²) in [4.78, 5) is 25.8. The van der Waals surface area contributed by atoms with Gasteiger partial charge in [0.2, 0.25) is 5.91 Å². The molecule has 132 valence electrons. The highest BCUT2D eigenvalue weighted by Crippen LogP contribution is 2.05. The van der Waals surface area contributed by atoms with Crippen molar-refractivity contribution < 1.29 is 14.3 Å². The number of halogens is 2. The van der Waals surface area contributed by atoms with Crippen LogP contribution in [0.15, 0.2) is 42.6 Å². The van der Waals surface area contributed by atoms with E-state index in [2.05, 4.69) is 5.32 Å². The van der Waals surface area contributed by atoms with Gasteiger partial charge in [0.1, 0.15) is 6.04 Å². The number of hydrogen-bond acceptors (Lipinski definition) is 4. The molecule has 0 spiro atoms. The molecule has 0 fully saturated rings. The minimum absolute atomic E-state index is 0.361. The maximum atomic E-state index is 12.1. The topological polar surface area (TPSA) is 58.6 Å². The third-order valence-corrected chi connectivity index (χ3v) is 3.60. The molecule has 0 aromatic heterocycles. The van der Waals surface area contributed by atoms with Crippen LogP contribution in [0.3, 0.4) is 0 Å². The summed E-state index contributed by atoms with van der Waals surface area (Å²) in [5, 5.41) is 2.66. The van der Waals surface area contributed by atoms with Crippen molar-refractivity contribution in [1.82, 2.24) is 10.2 Å². The lowest BCUT2D eigenvalue weighted by Gasteiger charge is -2.18. The van der Waals surface area contributed by atoms with E-state index in [-0.39, 0.29) is 5.91 Å². The van der Waals surface area contributed by atoms with Crippen molar-refractivity contribution in [3.05, 3.63) is 48.2 Å². The summed E-state index contributed by atoms with van der Waals surface area (Å²) in [5.41, 5.74) is 0.933. The third-order valence-electron chi connectivity index (χ3n) is 3.27. The Morgan fingerprint density at radius 2 is 1.83 bits per heavy atom. The summed E-state index contributed by atoms with van der Waals surface area (Å²) < 4.78 is 4.77. The van der Waals surface area contributed by atoms with Gasteiger partial charge in [0.05, 0.1) is 7.11 Å². The molecule has 0 aliphatic heterocycles. The second-order valence-electron chi connectivity index (χ2n) is 5.00. The molecule has 0 aliphatic carbocycles. The summed E-state index contributed by atoms with van der Waals surface area (Å²) in [6, 6.07) is 8.68. The maximum absolute atomic E-state index is 12.1. The normalized spacial score (nSPS) is 12.0. The Balaban J connectivity index is 2.68. The summed E-state index contributed by atoms with van der Waals surface area (Å²) in [7, 11) is 1.30. The van der Waals surface area contributed by atoms with E-state index in [0.29, 0.717) is 31.3 Å². The first-order valence-electron chi connectivity index (χ1n) is 7.57. The smallest absolute Gasteiger partial charge is 0.328 e. The second-order valence-corrected chi connectivity index (χ2v) is 5.76. The highest BCUT2D eigenvalue weighted by molar-refractivity contribution is 6.18. The minimum Gasteiger partial charge on any atom is -0.467 e. The standard InChI is InChI=1S/C17H22Cl2N2O3/c1-24-17(23)15(13-14-5-3-2-4-6-14)20-16(22)7-10-21(11-8-18)12-9-19/h2-7,10,15H,8-9,11-13H2,1H3,(H,20,22)/b10-7+. The van der Waals surface area contributed by atoms with E-state index in [9.17, 15) is 9.59 Å². The van der Waals surface area contributed by atoms with Gasteiger partial charge in [-0.1, -0.05) is 30.3 Å². The van der Waals surface area contributed by atoms with Crippen LogP contribution in [-0.4, -0.2) is 54.8 Å². The van der Waals surface area contributed by atoms with Gasteiger partial charge >= 0.3 is 5.97 Å². The van der Waals surface area contributed by atoms with Gasteiger partial charge in [-0.2, -0.15) is 0 Å². The van der Waals surface area contributed by atoms with Crippen LogP contribution in [-0.2, 0) is 20.7 Å². The number of ether oxygens (including phenoxy) is 1. The molecule has 1 rings (SSSR count). The van der Waals surface area contributed by atoms with Gasteiger partial charge in [0, 0.05) is 43.5 Å². The lowest BCUT2D eigenvalue weighted by Crippen LogP contribution is -2.42. The van der Waals surface area contributed by atoms with Crippen molar-refractivity contribution in [3.63, 3.8) is 0 Å². The molecule has 0 heterocycles. The Morgan fingerprint density at radius 1 is 1.21 bits per heavy atom. The molecule has 0 radical (unpaired) electrons. The van der Waals surface area contributed by atoms with Crippen molar-refractivity contribution in [2.45, 2.75) is 12.5 Å². The molecule has 1 aromatic carbocycles. The fourth-order valence-electron chi connectivity index (χ4n) is 2.06. The molecule has 7 heteroatoms. The SMILES string of the molecule is COC(=O)C(Cc1ccccc1)NC(=O)/C=C/N(CCCl)CCCl. The highest BCUT2D eigenvalue weighted by Gasteiger charge is 2.21. The molecule has 0 bridgehead atoms. The molecular formula is C17H22Cl2N2O3. The zero-order chi connectivity index (χ0) is 17.8. The first-order valence-corrected chi connectivity index (χ1v) is 8.64. The number of rotatable bonds is 10. The van der Waals surface area contributed by atoms with E-state index in [1.54, 1.807) is 6.20 Å². The summed E-state index contributed by atoms with van der Waals surface area (Å²) in [6.07, 6.45) is 3.34. The molecule has 1 amide bonds. The molecule has 0 saturated heterocycles. The lowest BCUT2D eigenvalue weighted by molar-refractivity contribution is -0.144. The van der Waals surface area contributed by atoms with Gasteiger partial charge in [0.25, 0.3) is 0 Å². The number of methoxy groups -OCH3 is 1. The predicted octanol–water partition coefficient (Wildman–Crippen LogP) is 2.18. The number of benzene rings is 1. The molecule has 1 atom stereocenters. The number of esters is 1. The van der Waals surface area contributed by atoms with Crippen molar-refractivity contribution in [3.8, 4) is 0 Å². The molecule has 1 N–H and O–H groups in total. The lowest BCUT2D eigenvalue weighted by atomic mass is 10.1. The predicted molar refractivity (Wildman–Crippen MR) is 96.2 cm³/mol.